The van der Waals surface area contributed by atoms with Gasteiger partial charge in [-0.3, -0.25) is 14.0 Å². The number of nitrogens with zero attached hydrogens (tertiary/aromatic N) is 2. The van der Waals surface area contributed by atoms with E-state index in [2.05, 4.69) is 10.2 Å². The monoisotopic (exact) mass is 543 g/mol. The molecule has 1 amide bonds. The summed E-state index contributed by atoms with van der Waals surface area (Å²) in [4.78, 5) is 15.6. The summed E-state index contributed by atoms with van der Waals surface area (Å²) in [5, 5.41) is 4.22. The largest absolute Gasteiger partial charge is 0.326 e. The lowest BCUT2D eigenvalue weighted by atomic mass is 9.96. The summed E-state index contributed by atoms with van der Waals surface area (Å²) in [7, 11) is -3.73. The number of amides is 1. The van der Waals surface area contributed by atoms with Crippen LogP contribution in [-0.4, -0.2) is 38.9 Å². The number of hydrogen-bond acceptors (Lipinski definition) is 4. The first-order chi connectivity index (χ1) is 17.3. The second-order valence-corrected chi connectivity index (χ2v) is 12.0. The average molecular weight is 545 g/mol. The lowest BCUT2D eigenvalue weighted by Crippen LogP contribution is -2.40. The first-order valence-corrected chi connectivity index (χ1v) is 14.2. The minimum atomic E-state index is -3.73. The molecule has 1 fully saturated rings. The van der Waals surface area contributed by atoms with Crippen LogP contribution in [0.25, 0.3) is 0 Å². The minimum Gasteiger partial charge on any atom is -0.326 e. The fourth-order valence-electron chi connectivity index (χ4n) is 4.92. The van der Waals surface area contributed by atoms with Crippen molar-refractivity contribution in [3.8, 4) is 0 Å². The maximum atomic E-state index is 13.3. The molecule has 36 heavy (non-hydrogen) atoms. The number of halogens is 2. The van der Waals surface area contributed by atoms with Gasteiger partial charge in [-0.1, -0.05) is 41.4 Å². The van der Waals surface area contributed by atoms with Crippen molar-refractivity contribution in [2.45, 2.75) is 30.7 Å². The third-order valence-electron chi connectivity index (χ3n) is 6.80. The predicted molar refractivity (Wildman–Crippen MR) is 144 cm³/mol. The molecule has 5 rings (SSSR count). The Bertz CT molecular complexity index is 1360. The number of rotatable bonds is 6. The van der Waals surface area contributed by atoms with Crippen LogP contribution < -0.4 is 9.62 Å². The third-order valence-corrected chi connectivity index (χ3v) is 9.13. The van der Waals surface area contributed by atoms with E-state index in [1.807, 2.05) is 36.4 Å². The van der Waals surface area contributed by atoms with Gasteiger partial charge >= 0.3 is 0 Å². The first kappa shape index (κ1) is 25.1. The van der Waals surface area contributed by atoms with Crippen LogP contribution in [0.3, 0.4) is 0 Å². The van der Waals surface area contributed by atoms with Crippen LogP contribution in [0.15, 0.2) is 71.6 Å². The number of hydrogen-bond donors (Lipinski definition) is 1. The molecular formula is C27H27Cl2N3O3S. The lowest BCUT2D eigenvalue weighted by Gasteiger charge is -2.32. The van der Waals surface area contributed by atoms with E-state index in [9.17, 15) is 13.2 Å². The number of benzene rings is 3. The number of likely N-dealkylation sites (tertiary alicyclic amines) is 1. The highest BCUT2D eigenvalue weighted by molar-refractivity contribution is 7.92. The number of fused-ring (bicyclic) bond motifs is 1. The molecule has 2 heterocycles. The zero-order valence-electron chi connectivity index (χ0n) is 19.7. The Hall–Kier alpha value is -2.58. The van der Waals surface area contributed by atoms with Crippen LogP contribution in [0.4, 0.5) is 11.4 Å². The van der Waals surface area contributed by atoms with Gasteiger partial charge < -0.3 is 5.32 Å². The number of sulfonamides is 1. The Morgan fingerprint density at radius 1 is 0.944 bits per heavy atom. The maximum Gasteiger partial charge on any atom is 0.264 e. The Balaban J connectivity index is 1.28. The van der Waals surface area contributed by atoms with Gasteiger partial charge in [0.25, 0.3) is 10.0 Å². The van der Waals surface area contributed by atoms with Crippen molar-refractivity contribution in [1.29, 1.82) is 0 Å². The van der Waals surface area contributed by atoms with Crippen LogP contribution in [0.1, 0.15) is 24.0 Å². The van der Waals surface area contributed by atoms with Gasteiger partial charge in [0.15, 0.2) is 0 Å². The summed E-state index contributed by atoms with van der Waals surface area (Å²) in [6, 6.07) is 19.5. The summed E-state index contributed by atoms with van der Waals surface area (Å²) in [5.74, 6) is -0.172. The molecule has 0 unspecified atom stereocenters. The average Bonchev–Trinajstić information content (AvgIpc) is 3.30. The standard InChI is InChI=1S/C27H27Cl2N3O3S/c28-22-6-3-19(4-7-22)17-31-14-1-2-21(18-31)27(33)30-24-10-5-20-13-15-32(26(20)16-24)36(34,35)25-11-8-23(29)9-12-25/h3-12,16,21H,1-2,13-15,17-18H2,(H,30,33)/t21-/m1/s1. The topological polar surface area (TPSA) is 69.7 Å². The Morgan fingerprint density at radius 3 is 2.36 bits per heavy atom. The highest BCUT2D eigenvalue weighted by Crippen LogP contribution is 2.35. The molecule has 0 aromatic heterocycles. The van der Waals surface area contributed by atoms with Gasteiger partial charge in [-0.15, -0.1) is 0 Å². The van der Waals surface area contributed by atoms with Crippen LogP contribution in [0.5, 0.6) is 0 Å². The van der Waals surface area contributed by atoms with Gasteiger partial charge in [0.2, 0.25) is 5.91 Å². The van der Waals surface area contributed by atoms with Gasteiger partial charge in [-0.05, 0) is 85.5 Å². The number of piperidine rings is 1. The number of anilines is 2. The molecule has 0 saturated carbocycles. The number of nitrogens with one attached hydrogen (secondary N) is 1. The fourth-order valence-corrected chi connectivity index (χ4v) is 6.66. The molecule has 0 spiro atoms. The Kier molecular flexibility index (Phi) is 7.26. The van der Waals surface area contributed by atoms with E-state index < -0.39 is 10.0 Å². The molecule has 3 aromatic rings. The fraction of sp³-hybridized carbons (Fsp3) is 0.296. The molecule has 3 aromatic carbocycles. The lowest BCUT2D eigenvalue weighted by molar-refractivity contribution is -0.121. The second kappa shape index (κ2) is 10.4. The zero-order valence-corrected chi connectivity index (χ0v) is 22.0. The molecule has 9 heteroatoms. The summed E-state index contributed by atoms with van der Waals surface area (Å²) >= 11 is 11.9. The second-order valence-electron chi connectivity index (χ2n) is 9.31. The van der Waals surface area contributed by atoms with Crippen molar-refractivity contribution < 1.29 is 13.2 Å². The van der Waals surface area contributed by atoms with E-state index >= 15 is 0 Å². The first-order valence-electron chi connectivity index (χ1n) is 12.0. The van der Waals surface area contributed by atoms with Crippen molar-refractivity contribution >= 4 is 50.5 Å². The van der Waals surface area contributed by atoms with E-state index in [1.54, 1.807) is 18.2 Å². The van der Waals surface area contributed by atoms with Crippen molar-refractivity contribution in [3.63, 3.8) is 0 Å². The Morgan fingerprint density at radius 2 is 1.64 bits per heavy atom. The molecule has 2 aliphatic rings. The van der Waals surface area contributed by atoms with E-state index in [4.69, 9.17) is 23.2 Å². The molecule has 1 atom stereocenters. The van der Waals surface area contributed by atoms with Gasteiger partial charge in [-0.25, -0.2) is 8.42 Å². The summed E-state index contributed by atoms with van der Waals surface area (Å²) in [5.41, 5.74) is 3.32. The highest BCUT2D eigenvalue weighted by Gasteiger charge is 2.32. The van der Waals surface area contributed by atoms with Gasteiger partial charge in [0.1, 0.15) is 0 Å². The number of carbonyl (C=O) groups excluding carboxylic acids is 1. The minimum absolute atomic E-state index is 0.0409. The predicted octanol–water partition coefficient (Wildman–Crippen LogP) is 5.60. The SMILES string of the molecule is O=C(Nc1ccc2c(c1)N(S(=O)(=O)c1ccc(Cl)cc1)CC2)[C@@H]1CCCN(Cc2ccc(Cl)cc2)C1. The maximum absolute atomic E-state index is 13.3. The van der Waals surface area contributed by atoms with Crippen LogP contribution in [0, 0.1) is 5.92 Å². The molecule has 6 nitrogen and oxygen atoms in total. The van der Waals surface area contributed by atoms with Crippen molar-refractivity contribution in [2.75, 3.05) is 29.3 Å². The van der Waals surface area contributed by atoms with Crippen LogP contribution in [0.2, 0.25) is 10.0 Å². The summed E-state index contributed by atoms with van der Waals surface area (Å²) in [6.45, 7) is 2.76. The molecule has 1 N–H and O–H groups in total. The van der Waals surface area contributed by atoms with Gasteiger partial charge in [0, 0.05) is 35.4 Å². The molecule has 0 radical (unpaired) electrons. The molecule has 1 saturated heterocycles. The summed E-state index contributed by atoms with van der Waals surface area (Å²) in [6.07, 6.45) is 2.40. The smallest absolute Gasteiger partial charge is 0.264 e. The number of carbonyl (C=O) groups is 1. The molecule has 188 valence electrons. The normalized spacial score (nSPS) is 18.2. The third kappa shape index (κ3) is 5.39. The van der Waals surface area contributed by atoms with E-state index in [1.165, 1.54) is 22.0 Å². The van der Waals surface area contributed by atoms with Gasteiger partial charge in [0.05, 0.1) is 16.5 Å². The Labute approximate surface area is 221 Å². The molecular weight excluding hydrogens is 517 g/mol. The summed E-state index contributed by atoms with van der Waals surface area (Å²) < 4.78 is 28.0. The highest BCUT2D eigenvalue weighted by atomic mass is 35.5. The van der Waals surface area contributed by atoms with E-state index in [-0.39, 0.29) is 16.7 Å². The van der Waals surface area contributed by atoms with Gasteiger partial charge in [-0.2, -0.15) is 0 Å². The zero-order chi connectivity index (χ0) is 25.3. The van der Waals surface area contributed by atoms with Crippen molar-refractivity contribution in [1.82, 2.24) is 4.90 Å². The molecule has 0 bridgehead atoms. The quantitative estimate of drug-likeness (QED) is 0.439. The van der Waals surface area contributed by atoms with Crippen LogP contribution in [-0.2, 0) is 27.8 Å². The van der Waals surface area contributed by atoms with E-state index in [0.29, 0.717) is 40.9 Å². The molecule has 2 aliphatic heterocycles. The van der Waals surface area contributed by atoms with Crippen molar-refractivity contribution in [2.24, 2.45) is 5.92 Å². The van der Waals surface area contributed by atoms with Crippen molar-refractivity contribution in [3.05, 3.63) is 87.9 Å². The van der Waals surface area contributed by atoms with Crippen LogP contribution >= 0.6 is 23.2 Å². The van der Waals surface area contributed by atoms with E-state index in [0.717, 1.165) is 31.5 Å². The molecule has 0 aliphatic carbocycles.